The van der Waals surface area contributed by atoms with E-state index in [0.717, 1.165) is 12.2 Å². The van der Waals surface area contributed by atoms with Crippen molar-refractivity contribution in [2.75, 3.05) is 11.9 Å². The third kappa shape index (κ3) is 4.74. The molecule has 7 heteroatoms. The minimum absolute atomic E-state index is 0.0127. The molecule has 2 aromatic carbocycles. The van der Waals surface area contributed by atoms with Crippen LogP contribution in [0, 0.1) is 0 Å². The molecule has 0 bridgehead atoms. The molecule has 0 radical (unpaired) electrons. The summed E-state index contributed by atoms with van der Waals surface area (Å²) < 4.78 is 5.05. The number of hydrogen-bond acceptors (Lipinski definition) is 3. The predicted octanol–water partition coefficient (Wildman–Crippen LogP) is 4.77. The predicted molar refractivity (Wildman–Crippen MR) is 96.1 cm³/mol. The number of esters is 1. The summed E-state index contributed by atoms with van der Waals surface area (Å²) in [4.78, 5) is 25.3. The highest BCUT2D eigenvalue weighted by Crippen LogP contribution is 2.35. The summed E-state index contributed by atoms with van der Waals surface area (Å²) in [6, 6.07) is 11.8. The molecule has 0 atom stereocenters. The van der Waals surface area contributed by atoms with Crippen LogP contribution in [0.4, 0.5) is 5.69 Å². The second-order valence-corrected chi connectivity index (χ2v) is 5.94. The van der Waals surface area contributed by atoms with Crippen LogP contribution < -0.4 is 9.64 Å². The molecule has 0 spiro atoms. The summed E-state index contributed by atoms with van der Waals surface area (Å²) in [7, 11) is 1.60. The molecule has 0 aliphatic carbocycles. The number of para-hydroxylation sites is 1. The van der Waals surface area contributed by atoms with Crippen LogP contribution in [0.1, 0.15) is 0 Å². The number of anilines is 1. The largest absolute Gasteiger partial charge is 0.420 e. The number of rotatable bonds is 4. The highest BCUT2D eigenvalue weighted by Gasteiger charge is 2.13. The van der Waals surface area contributed by atoms with Crippen molar-refractivity contribution in [3.05, 3.63) is 69.7 Å². The van der Waals surface area contributed by atoms with Crippen LogP contribution in [-0.2, 0) is 9.59 Å². The first kappa shape index (κ1) is 18.3. The van der Waals surface area contributed by atoms with Gasteiger partial charge in [0.2, 0.25) is 0 Å². The second-order valence-electron chi connectivity index (χ2n) is 4.69. The van der Waals surface area contributed by atoms with Crippen molar-refractivity contribution in [2.45, 2.75) is 0 Å². The van der Waals surface area contributed by atoms with Crippen molar-refractivity contribution in [1.29, 1.82) is 0 Å². The number of ether oxygens (including phenoxy) is 1. The van der Waals surface area contributed by atoms with Crippen LogP contribution >= 0.6 is 34.8 Å². The van der Waals surface area contributed by atoms with Gasteiger partial charge in [-0.3, -0.25) is 4.79 Å². The van der Waals surface area contributed by atoms with E-state index >= 15 is 0 Å². The summed E-state index contributed by atoms with van der Waals surface area (Å²) in [5.41, 5.74) is 0.698. The van der Waals surface area contributed by atoms with E-state index in [1.807, 2.05) is 18.2 Å². The zero-order chi connectivity index (χ0) is 17.7. The third-order valence-electron chi connectivity index (χ3n) is 3.00. The summed E-state index contributed by atoms with van der Waals surface area (Å²) in [6.45, 7) is 0. The SMILES string of the molecule is CN(C(=O)/C=C/C(=O)Oc1c(Cl)cc(Cl)cc1Cl)c1ccccc1. The van der Waals surface area contributed by atoms with Crippen LogP contribution in [0.2, 0.25) is 15.1 Å². The molecule has 4 nitrogen and oxygen atoms in total. The fourth-order valence-corrected chi connectivity index (χ4v) is 2.69. The Labute approximate surface area is 154 Å². The molecule has 0 heterocycles. The van der Waals surface area contributed by atoms with E-state index in [-0.39, 0.29) is 21.7 Å². The average Bonchev–Trinajstić information content (AvgIpc) is 2.56. The minimum Gasteiger partial charge on any atom is -0.420 e. The van der Waals surface area contributed by atoms with E-state index in [1.54, 1.807) is 19.2 Å². The maximum Gasteiger partial charge on any atom is 0.336 e. The fourth-order valence-electron chi connectivity index (χ4n) is 1.79. The summed E-state index contributed by atoms with van der Waals surface area (Å²) in [5, 5.41) is 0.518. The second kappa shape index (κ2) is 8.20. The average molecular weight is 385 g/mol. The van der Waals surface area contributed by atoms with E-state index in [0.29, 0.717) is 10.7 Å². The quantitative estimate of drug-likeness (QED) is 0.433. The number of halogens is 3. The van der Waals surface area contributed by atoms with Gasteiger partial charge in [0, 0.05) is 29.9 Å². The van der Waals surface area contributed by atoms with E-state index in [2.05, 4.69) is 0 Å². The summed E-state index contributed by atoms with van der Waals surface area (Å²) in [6.07, 6.45) is 2.11. The number of carbonyl (C=O) groups excluding carboxylic acids is 2. The molecule has 24 heavy (non-hydrogen) atoms. The number of benzene rings is 2. The van der Waals surface area contributed by atoms with Gasteiger partial charge in [0.15, 0.2) is 5.75 Å². The first-order chi connectivity index (χ1) is 11.4. The van der Waals surface area contributed by atoms with Gasteiger partial charge in [0.25, 0.3) is 5.91 Å². The van der Waals surface area contributed by atoms with Gasteiger partial charge in [-0.1, -0.05) is 53.0 Å². The summed E-state index contributed by atoms with van der Waals surface area (Å²) >= 11 is 17.6. The van der Waals surface area contributed by atoms with Crippen molar-refractivity contribution in [3.8, 4) is 5.75 Å². The first-order valence-electron chi connectivity index (χ1n) is 6.75. The third-order valence-corrected chi connectivity index (χ3v) is 3.78. The van der Waals surface area contributed by atoms with E-state index in [9.17, 15) is 9.59 Å². The lowest BCUT2D eigenvalue weighted by Crippen LogP contribution is -2.24. The van der Waals surface area contributed by atoms with Crippen LogP contribution in [-0.4, -0.2) is 18.9 Å². The molecule has 0 aliphatic heterocycles. The number of nitrogens with zero attached hydrogens (tertiary/aromatic N) is 1. The smallest absolute Gasteiger partial charge is 0.336 e. The topological polar surface area (TPSA) is 46.6 Å². The molecule has 1 amide bonds. The number of carbonyl (C=O) groups is 2. The zero-order valence-electron chi connectivity index (χ0n) is 12.5. The lowest BCUT2D eigenvalue weighted by Gasteiger charge is -2.14. The standard InChI is InChI=1S/C17H12Cl3NO3/c1-21(12-5-3-2-4-6-12)15(22)7-8-16(23)24-17-13(19)9-11(18)10-14(17)20/h2-10H,1H3/b8-7+. The first-order valence-corrected chi connectivity index (χ1v) is 7.89. The van der Waals surface area contributed by atoms with Gasteiger partial charge >= 0.3 is 5.97 Å². The van der Waals surface area contributed by atoms with Gasteiger partial charge in [-0.25, -0.2) is 4.79 Å². The lowest BCUT2D eigenvalue weighted by atomic mass is 10.3. The lowest BCUT2D eigenvalue weighted by molar-refractivity contribution is -0.129. The number of likely N-dealkylation sites (N-methyl/N-ethyl adjacent to an activating group) is 1. The van der Waals surface area contributed by atoms with E-state index in [1.165, 1.54) is 17.0 Å². The molecule has 0 fully saturated rings. The maximum atomic E-state index is 12.0. The van der Waals surface area contributed by atoms with Gasteiger partial charge in [-0.2, -0.15) is 0 Å². The number of hydrogen-bond donors (Lipinski definition) is 0. The van der Waals surface area contributed by atoms with Crippen LogP contribution in [0.3, 0.4) is 0 Å². The fraction of sp³-hybridized carbons (Fsp3) is 0.0588. The Hall–Kier alpha value is -2.01. The Morgan fingerprint density at radius 3 is 2.17 bits per heavy atom. The van der Waals surface area contributed by atoms with Crippen molar-refractivity contribution in [1.82, 2.24) is 0 Å². The zero-order valence-corrected chi connectivity index (χ0v) is 14.8. The van der Waals surface area contributed by atoms with Gasteiger partial charge in [0.1, 0.15) is 0 Å². The molecular weight excluding hydrogens is 373 g/mol. The van der Waals surface area contributed by atoms with Crippen molar-refractivity contribution < 1.29 is 14.3 Å². The molecule has 0 N–H and O–H groups in total. The molecule has 0 unspecified atom stereocenters. The van der Waals surface area contributed by atoms with Crippen molar-refractivity contribution >= 4 is 52.4 Å². The molecule has 0 aromatic heterocycles. The molecule has 2 aromatic rings. The van der Waals surface area contributed by atoms with Gasteiger partial charge in [0.05, 0.1) is 10.0 Å². The molecule has 2 rings (SSSR count). The Balaban J connectivity index is 2.04. The highest BCUT2D eigenvalue weighted by molar-refractivity contribution is 6.40. The molecule has 0 aliphatic rings. The Morgan fingerprint density at radius 1 is 1.00 bits per heavy atom. The highest BCUT2D eigenvalue weighted by atomic mass is 35.5. The molecular formula is C17H12Cl3NO3. The molecule has 0 saturated carbocycles. The normalized spacial score (nSPS) is 10.7. The van der Waals surface area contributed by atoms with Crippen LogP contribution in [0.15, 0.2) is 54.6 Å². The van der Waals surface area contributed by atoms with E-state index in [4.69, 9.17) is 39.5 Å². The Bertz CT molecular complexity index is 768. The van der Waals surface area contributed by atoms with Crippen molar-refractivity contribution in [3.63, 3.8) is 0 Å². The van der Waals surface area contributed by atoms with Gasteiger partial charge in [-0.15, -0.1) is 0 Å². The number of amides is 1. The summed E-state index contributed by atoms with van der Waals surface area (Å²) in [5.74, 6) is -1.18. The monoisotopic (exact) mass is 383 g/mol. The molecule has 0 saturated heterocycles. The van der Waals surface area contributed by atoms with E-state index < -0.39 is 5.97 Å². The minimum atomic E-state index is -0.782. The van der Waals surface area contributed by atoms with Gasteiger partial charge < -0.3 is 9.64 Å². The maximum absolute atomic E-state index is 12.0. The Kier molecular flexibility index (Phi) is 6.26. The van der Waals surface area contributed by atoms with Crippen LogP contribution in [0.5, 0.6) is 5.75 Å². The van der Waals surface area contributed by atoms with Crippen LogP contribution in [0.25, 0.3) is 0 Å². The van der Waals surface area contributed by atoms with Gasteiger partial charge in [-0.05, 0) is 24.3 Å². The Morgan fingerprint density at radius 2 is 1.58 bits per heavy atom. The van der Waals surface area contributed by atoms with Crippen molar-refractivity contribution in [2.24, 2.45) is 0 Å². The molecule has 124 valence electrons.